The number of aryl methyl sites for hydroxylation is 1. The van der Waals surface area contributed by atoms with E-state index in [1.807, 2.05) is 54.4 Å². The molecule has 6 rings (SSSR count). The summed E-state index contributed by atoms with van der Waals surface area (Å²) < 4.78 is 0. The topological polar surface area (TPSA) is 67.7 Å². The Hall–Kier alpha value is -3.66. The van der Waals surface area contributed by atoms with Crippen molar-refractivity contribution in [3.63, 3.8) is 0 Å². The zero-order valence-electron chi connectivity index (χ0n) is 23.5. The van der Waals surface area contributed by atoms with E-state index in [0.717, 1.165) is 70.4 Å². The van der Waals surface area contributed by atoms with Gasteiger partial charge in [-0.3, -0.25) is 14.5 Å². The van der Waals surface area contributed by atoms with Gasteiger partial charge in [-0.2, -0.15) is 5.26 Å². The molecule has 1 unspecified atom stereocenters. The van der Waals surface area contributed by atoms with Crippen LogP contribution in [0.15, 0.2) is 66.7 Å². The minimum absolute atomic E-state index is 0.0791. The molecule has 0 bridgehead atoms. The first kappa shape index (κ1) is 27.5. The molecule has 0 N–H and O–H groups in total. The molecule has 0 saturated carbocycles. The van der Waals surface area contributed by atoms with Gasteiger partial charge in [0.05, 0.1) is 28.3 Å². The summed E-state index contributed by atoms with van der Waals surface area (Å²) in [6.07, 6.45) is 4.92. The predicted octanol–water partition coefficient (Wildman–Crippen LogP) is 6.10. The molecule has 7 heteroatoms. The zero-order valence-corrected chi connectivity index (χ0v) is 24.2. The zero-order chi connectivity index (χ0) is 28.6. The molecule has 2 fully saturated rings. The van der Waals surface area contributed by atoms with Crippen molar-refractivity contribution in [1.82, 2.24) is 14.7 Å². The highest BCUT2D eigenvalue weighted by Crippen LogP contribution is 2.42. The molecule has 2 heterocycles. The molecule has 3 aromatic rings. The molecule has 0 aromatic heterocycles. The maximum atomic E-state index is 13.7. The standard InChI is InChI=1S/C34H35ClN4O2/c1-37(33(41)28-7-2-3-8-30(28)35)31-12-11-26-9-10-27(20-29(26)31)32(40)39-18-15-34(23-39)13-16-38(17-14-34)22-25-6-4-5-24(19-25)21-36/h2-10,19-20,31H,11-18,22-23H2,1H3. The quantitative estimate of drug-likeness (QED) is 0.374. The number of hydrogen-bond acceptors (Lipinski definition) is 4. The summed E-state index contributed by atoms with van der Waals surface area (Å²) >= 11 is 6.32. The van der Waals surface area contributed by atoms with E-state index >= 15 is 0 Å². The van der Waals surface area contributed by atoms with E-state index in [-0.39, 0.29) is 23.3 Å². The number of benzene rings is 3. The number of amides is 2. The van der Waals surface area contributed by atoms with Crippen LogP contribution in [0.4, 0.5) is 0 Å². The van der Waals surface area contributed by atoms with Gasteiger partial charge in [0.1, 0.15) is 0 Å². The Balaban J connectivity index is 1.10. The van der Waals surface area contributed by atoms with Crippen LogP contribution < -0.4 is 0 Å². The molecule has 6 nitrogen and oxygen atoms in total. The Morgan fingerprint density at radius 3 is 2.59 bits per heavy atom. The van der Waals surface area contributed by atoms with E-state index in [9.17, 15) is 14.9 Å². The number of carbonyl (C=O) groups excluding carboxylic acids is 2. The first-order valence-corrected chi connectivity index (χ1v) is 14.9. The molecule has 1 atom stereocenters. The highest BCUT2D eigenvalue weighted by Gasteiger charge is 2.42. The maximum Gasteiger partial charge on any atom is 0.255 e. The first-order chi connectivity index (χ1) is 19.9. The second-order valence-electron chi connectivity index (χ2n) is 11.9. The number of nitriles is 1. The van der Waals surface area contributed by atoms with Gasteiger partial charge >= 0.3 is 0 Å². The number of nitrogens with zero attached hydrogens (tertiary/aromatic N) is 4. The highest BCUT2D eigenvalue weighted by atomic mass is 35.5. The summed E-state index contributed by atoms with van der Waals surface area (Å²) in [5.74, 6) is -0.0121. The van der Waals surface area contributed by atoms with E-state index < -0.39 is 0 Å². The minimum Gasteiger partial charge on any atom is -0.338 e. The van der Waals surface area contributed by atoms with Crippen LogP contribution in [-0.4, -0.2) is 59.7 Å². The number of fused-ring (bicyclic) bond motifs is 1. The molecule has 41 heavy (non-hydrogen) atoms. The molecule has 2 amide bonds. The number of carbonyl (C=O) groups is 2. The van der Waals surface area contributed by atoms with Gasteiger partial charge in [-0.05, 0) is 104 Å². The van der Waals surface area contributed by atoms with Crippen molar-refractivity contribution in [3.05, 3.63) is 105 Å². The van der Waals surface area contributed by atoms with E-state index in [1.54, 1.807) is 17.0 Å². The van der Waals surface area contributed by atoms with Crippen LogP contribution in [0.3, 0.4) is 0 Å². The lowest BCUT2D eigenvalue weighted by atomic mass is 9.77. The number of likely N-dealkylation sites (tertiary alicyclic amines) is 2. The van der Waals surface area contributed by atoms with Crippen molar-refractivity contribution >= 4 is 23.4 Å². The van der Waals surface area contributed by atoms with Gasteiger partial charge in [-0.15, -0.1) is 0 Å². The summed E-state index contributed by atoms with van der Waals surface area (Å²) in [5.41, 5.74) is 5.55. The maximum absolute atomic E-state index is 13.7. The average Bonchev–Trinajstić information content (AvgIpc) is 3.62. The molecule has 1 aliphatic carbocycles. The van der Waals surface area contributed by atoms with Gasteiger partial charge in [-0.1, -0.05) is 41.9 Å². The monoisotopic (exact) mass is 566 g/mol. The largest absolute Gasteiger partial charge is 0.338 e. The van der Waals surface area contributed by atoms with E-state index in [0.29, 0.717) is 21.7 Å². The predicted molar refractivity (Wildman–Crippen MR) is 160 cm³/mol. The second-order valence-corrected chi connectivity index (χ2v) is 12.3. The van der Waals surface area contributed by atoms with Crippen LogP contribution in [0, 0.1) is 16.7 Å². The molecule has 1 spiro atoms. The Kier molecular flexibility index (Phi) is 7.59. The van der Waals surface area contributed by atoms with Crippen LogP contribution in [0.2, 0.25) is 5.02 Å². The normalized spacial score (nSPS) is 19.6. The molecule has 3 aliphatic rings. The Bertz CT molecular complexity index is 1520. The van der Waals surface area contributed by atoms with Crippen LogP contribution in [0.5, 0.6) is 0 Å². The molecule has 2 aliphatic heterocycles. The van der Waals surface area contributed by atoms with Crippen molar-refractivity contribution in [1.29, 1.82) is 5.26 Å². The lowest BCUT2D eigenvalue weighted by Gasteiger charge is -2.39. The SMILES string of the molecule is CN(C(=O)c1ccccc1Cl)C1CCc2ccc(C(=O)N3CCC4(CCN(Cc5cccc(C#N)c5)CC4)C3)cc21. The van der Waals surface area contributed by atoms with Gasteiger partial charge in [0.2, 0.25) is 0 Å². The smallest absolute Gasteiger partial charge is 0.255 e. The van der Waals surface area contributed by atoms with Crippen molar-refractivity contribution in [2.24, 2.45) is 5.41 Å². The van der Waals surface area contributed by atoms with Crippen molar-refractivity contribution in [3.8, 4) is 6.07 Å². The lowest BCUT2D eigenvalue weighted by Crippen LogP contribution is -2.42. The third-order valence-corrected chi connectivity index (χ3v) is 9.77. The third kappa shape index (κ3) is 5.49. The minimum atomic E-state index is -0.101. The lowest BCUT2D eigenvalue weighted by molar-refractivity contribution is 0.0713. The molecule has 2 saturated heterocycles. The Labute approximate surface area is 247 Å². The molecular formula is C34H35ClN4O2. The number of hydrogen-bond donors (Lipinski definition) is 0. The summed E-state index contributed by atoms with van der Waals surface area (Å²) in [7, 11) is 1.83. The Morgan fingerprint density at radius 1 is 1.02 bits per heavy atom. The number of piperidine rings is 1. The van der Waals surface area contributed by atoms with Gasteiger partial charge in [0.15, 0.2) is 0 Å². The van der Waals surface area contributed by atoms with Gasteiger partial charge in [0.25, 0.3) is 11.8 Å². The van der Waals surface area contributed by atoms with E-state index in [1.165, 1.54) is 11.1 Å². The highest BCUT2D eigenvalue weighted by molar-refractivity contribution is 6.33. The van der Waals surface area contributed by atoms with Crippen molar-refractivity contribution in [2.75, 3.05) is 33.2 Å². The molecule has 0 radical (unpaired) electrons. The van der Waals surface area contributed by atoms with Crippen molar-refractivity contribution in [2.45, 2.75) is 44.7 Å². The van der Waals surface area contributed by atoms with Gasteiger partial charge in [0, 0.05) is 32.2 Å². The molecule has 210 valence electrons. The average molecular weight is 567 g/mol. The third-order valence-electron chi connectivity index (χ3n) is 9.44. The molecule has 3 aromatic carbocycles. The summed E-state index contributed by atoms with van der Waals surface area (Å²) in [4.78, 5) is 33.3. The fourth-order valence-electron chi connectivity index (χ4n) is 6.96. The fraction of sp³-hybridized carbons (Fsp3) is 0.382. The van der Waals surface area contributed by atoms with Gasteiger partial charge in [-0.25, -0.2) is 0 Å². The summed E-state index contributed by atoms with van der Waals surface area (Å²) in [6, 6.07) is 23.2. The van der Waals surface area contributed by atoms with Crippen LogP contribution in [0.25, 0.3) is 0 Å². The van der Waals surface area contributed by atoms with Crippen molar-refractivity contribution < 1.29 is 9.59 Å². The molecular weight excluding hydrogens is 532 g/mol. The van der Waals surface area contributed by atoms with Crippen LogP contribution >= 0.6 is 11.6 Å². The first-order valence-electron chi connectivity index (χ1n) is 14.5. The fourth-order valence-corrected chi connectivity index (χ4v) is 7.18. The van der Waals surface area contributed by atoms with Gasteiger partial charge < -0.3 is 9.80 Å². The van der Waals surface area contributed by atoms with Crippen LogP contribution in [0.1, 0.15) is 74.7 Å². The summed E-state index contributed by atoms with van der Waals surface area (Å²) in [5, 5.41) is 9.65. The van der Waals surface area contributed by atoms with E-state index in [2.05, 4.69) is 23.1 Å². The van der Waals surface area contributed by atoms with Crippen LogP contribution in [-0.2, 0) is 13.0 Å². The second kappa shape index (κ2) is 11.3. The summed E-state index contributed by atoms with van der Waals surface area (Å²) in [6.45, 7) is 4.46. The number of rotatable bonds is 5. The van der Waals surface area contributed by atoms with E-state index in [4.69, 9.17) is 11.6 Å². The number of halogens is 1. The Morgan fingerprint density at radius 2 is 1.80 bits per heavy atom.